The standard InChI is InChI=1S/C19H22FN7O3S/c1-19(2,11-25-18(26-12-21)27-13-4-3-7-23-9-13)10-24-17(28)15-6-5-14(8-16(15)20)31(22,29)30/h3-9H,10-11H2,1-2H3,(H,24,28)(H2,22,29,30)(H2,25,26,27). The van der Waals surface area contributed by atoms with Gasteiger partial charge in [0.2, 0.25) is 16.0 Å². The summed E-state index contributed by atoms with van der Waals surface area (Å²) in [5, 5.41) is 21.8. The number of nitriles is 1. The lowest BCUT2D eigenvalue weighted by Gasteiger charge is -2.23. The molecule has 31 heavy (non-hydrogen) atoms. The number of benzene rings is 1. The summed E-state index contributed by atoms with van der Waals surface area (Å²) >= 11 is 0. The average molecular weight is 447 g/mol. The summed E-state index contributed by atoms with van der Waals surface area (Å²) in [5.41, 5.74) is -0.226. The number of rotatable bonds is 7. The zero-order valence-corrected chi connectivity index (χ0v) is 17.7. The molecule has 0 spiro atoms. The van der Waals surface area contributed by atoms with Crippen LogP contribution in [0, 0.1) is 22.7 Å². The van der Waals surface area contributed by atoms with Crippen LogP contribution in [0.15, 0.2) is 52.6 Å². The number of nitrogens with zero attached hydrogens (tertiary/aromatic N) is 3. The minimum atomic E-state index is -4.07. The summed E-state index contributed by atoms with van der Waals surface area (Å²) in [5.74, 6) is -1.50. The third-order valence-corrected chi connectivity index (χ3v) is 4.92. The topological polar surface area (TPSA) is 162 Å². The van der Waals surface area contributed by atoms with E-state index in [2.05, 4.69) is 25.9 Å². The van der Waals surface area contributed by atoms with Crippen LogP contribution >= 0.6 is 0 Å². The van der Waals surface area contributed by atoms with Crippen LogP contribution in [0.2, 0.25) is 0 Å². The largest absolute Gasteiger partial charge is 0.351 e. The molecule has 0 radical (unpaired) electrons. The number of carbonyl (C=O) groups excluding carboxylic acids is 1. The molecule has 0 bridgehead atoms. The molecule has 0 aliphatic rings. The van der Waals surface area contributed by atoms with Crippen LogP contribution in [0.25, 0.3) is 0 Å². The fourth-order valence-electron chi connectivity index (χ4n) is 2.36. The molecule has 0 aliphatic heterocycles. The summed E-state index contributed by atoms with van der Waals surface area (Å²) < 4.78 is 36.7. The lowest BCUT2D eigenvalue weighted by Crippen LogP contribution is -2.37. The Morgan fingerprint density at radius 3 is 2.68 bits per heavy atom. The Hall–Kier alpha value is -3.56. The fourth-order valence-corrected chi connectivity index (χ4v) is 2.88. The van der Waals surface area contributed by atoms with E-state index in [0.29, 0.717) is 11.8 Å². The number of nitrogens with one attached hydrogen (secondary N) is 3. The van der Waals surface area contributed by atoms with E-state index in [9.17, 15) is 17.6 Å². The number of hydrogen-bond donors (Lipinski definition) is 4. The maximum atomic E-state index is 14.1. The Labute approximate surface area is 179 Å². The van der Waals surface area contributed by atoms with E-state index < -0.39 is 32.1 Å². The van der Waals surface area contributed by atoms with E-state index in [4.69, 9.17) is 10.4 Å². The zero-order chi connectivity index (χ0) is 23.1. The Morgan fingerprint density at radius 1 is 1.35 bits per heavy atom. The molecule has 1 amide bonds. The van der Waals surface area contributed by atoms with Crippen molar-refractivity contribution < 1.29 is 17.6 Å². The maximum Gasteiger partial charge on any atom is 0.254 e. The highest BCUT2D eigenvalue weighted by Gasteiger charge is 2.21. The maximum absolute atomic E-state index is 14.1. The van der Waals surface area contributed by atoms with Crippen LogP contribution < -0.4 is 21.1 Å². The van der Waals surface area contributed by atoms with Crippen LogP contribution in [0.3, 0.4) is 0 Å². The predicted molar refractivity (Wildman–Crippen MR) is 113 cm³/mol. The molecule has 1 aromatic heterocycles. The summed E-state index contributed by atoms with van der Waals surface area (Å²) in [6.45, 7) is 4.01. The number of pyridine rings is 1. The van der Waals surface area contributed by atoms with Crippen molar-refractivity contribution in [1.29, 1.82) is 5.26 Å². The number of carbonyl (C=O) groups is 1. The second kappa shape index (κ2) is 9.96. The second-order valence-corrected chi connectivity index (χ2v) is 8.86. The van der Waals surface area contributed by atoms with Crippen LogP contribution in [0.1, 0.15) is 24.2 Å². The van der Waals surface area contributed by atoms with Crippen molar-refractivity contribution in [3.05, 3.63) is 54.1 Å². The highest BCUT2D eigenvalue weighted by molar-refractivity contribution is 7.89. The summed E-state index contributed by atoms with van der Waals surface area (Å²) in [6, 6.07) is 6.29. The van der Waals surface area contributed by atoms with Gasteiger partial charge in [-0.3, -0.25) is 20.1 Å². The lowest BCUT2D eigenvalue weighted by atomic mass is 9.93. The van der Waals surface area contributed by atoms with Gasteiger partial charge >= 0.3 is 0 Å². The van der Waals surface area contributed by atoms with Crippen molar-refractivity contribution >= 4 is 27.6 Å². The van der Waals surface area contributed by atoms with E-state index >= 15 is 0 Å². The first kappa shape index (κ1) is 23.7. The number of aromatic nitrogens is 1. The number of amides is 1. The van der Waals surface area contributed by atoms with Gasteiger partial charge in [-0.1, -0.05) is 13.8 Å². The molecule has 1 heterocycles. The number of nitrogens with two attached hydrogens (primary N) is 1. The predicted octanol–water partition coefficient (Wildman–Crippen LogP) is 1.16. The zero-order valence-electron chi connectivity index (χ0n) is 16.9. The first-order chi connectivity index (χ1) is 14.5. The molecule has 0 saturated carbocycles. The van der Waals surface area contributed by atoms with E-state index in [1.165, 1.54) is 0 Å². The molecular weight excluding hydrogens is 425 g/mol. The highest BCUT2D eigenvalue weighted by atomic mass is 32.2. The summed E-state index contributed by atoms with van der Waals surface area (Å²) in [6.07, 6.45) is 4.96. The molecule has 0 saturated heterocycles. The molecule has 2 rings (SSSR count). The van der Waals surface area contributed by atoms with Crippen molar-refractivity contribution in [2.24, 2.45) is 15.5 Å². The van der Waals surface area contributed by atoms with Gasteiger partial charge in [0.05, 0.1) is 22.3 Å². The molecule has 1 aromatic carbocycles. The van der Waals surface area contributed by atoms with Gasteiger partial charge < -0.3 is 10.6 Å². The van der Waals surface area contributed by atoms with E-state index in [1.54, 1.807) is 30.7 Å². The SMILES string of the molecule is CC(C)(CN=C(NC#N)Nc1cccnc1)CNC(=O)c1ccc(S(N)(=O)=O)cc1F. The van der Waals surface area contributed by atoms with Crippen molar-refractivity contribution in [2.75, 3.05) is 18.4 Å². The van der Waals surface area contributed by atoms with Crippen LogP contribution in [-0.4, -0.2) is 38.4 Å². The molecule has 0 unspecified atom stereocenters. The van der Waals surface area contributed by atoms with E-state index in [1.807, 2.05) is 13.8 Å². The van der Waals surface area contributed by atoms with Crippen LogP contribution in [0.5, 0.6) is 0 Å². The first-order valence-electron chi connectivity index (χ1n) is 8.99. The molecule has 164 valence electrons. The van der Waals surface area contributed by atoms with Gasteiger partial charge in [-0.25, -0.2) is 17.9 Å². The van der Waals surface area contributed by atoms with E-state index in [-0.39, 0.29) is 24.6 Å². The van der Waals surface area contributed by atoms with Gasteiger partial charge in [-0.2, -0.15) is 5.26 Å². The third-order valence-electron chi connectivity index (χ3n) is 4.00. The van der Waals surface area contributed by atoms with Gasteiger partial charge in [0.1, 0.15) is 5.82 Å². The number of anilines is 1. The smallest absolute Gasteiger partial charge is 0.254 e. The Bertz CT molecular complexity index is 1110. The van der Waals surface area contributed by atoms with Gasteiger partial charge in [0.25, 0.3) is 5.91 Å². The van der Waals surface area contributed by atoms with Crippen molar-refractivity contribution in [2.45, 2.75) is 18.7 Å². The third kappa shape index (κ3) is 7.32. The first-order valence-corrected chi connectivity index (χ1v) is 10.5. The monoisotopic (exact) mass is 447 g/mol. The number of hydrogen-bond acceptors (Lipinski definition) is 6. The summed E-state index contributed by atoms with van der Waals surface area (Å²) in [4.78, 5) is 20.2. The van der Waals surface area contributed by atoms with Crippen molar-refractivity contribution in [3.63, 3.8) is 0 Å². The molecule has 2 aromatic rings. The molecule has 5 N–H and O–H groups in total. The average Bonchev–Trinajstić information content (AvgIpc) is 2.70. The van der Waals surface area contributed by atoms with Crippen LogP contribution in [-0.2, 0) is 10.0 Å². The normalized spacial score (nSPS) is 12.0. The summed E-state index contributed by atoms with van der Waals surface area (Å²) in [7, 11) is -4.07. The van der Waals surface area contributed by atoms with Crippen LogP contribution in [0.4, 0.5) is 10.1 Å². The van der Waals surface area contributed by atoms with Gasteiger partial charge in [0, 0.05) is 24.7 Å². The number of aliphatic imine (C=N–C) groups is 1. The molecular formula is C19H22FN7O3S. The number of primary sulfonamides is 1. The fraction of sp³-hybridized carbons (Fsp3) is 0.263. The van der Waals surface area contributed by atoms with E-state index in [0.717, 1.165) is 12.1 Å². The molecule has 10 nitrogen and oxygen atoms in total. The number of guanidine groups is 1. The second-order valence-electron chi connectivity index (χ2n) is 7.30. The van der Waals surface area contributed by atoms with Gasteiger partial charge in [0.15, 0.2) is 6.19 Å². The minimum absolute atomic E-state index is 0.137. The number of sulfonamides is 1. The van der Waals surface area contributed by atoms with Crippen molar-refractivity contribution in [1.82, 2.24) is 15.6 Å². The molecule has 0 fully saturated rings. The number of halogens is 1. The Morgan fingerprint density at radius 2 is 2.10 bits per heavy atom. The van der Waals surface area contributed by atoms with Gasteiger partial charge in [-0.15, -0.1) is 0 Å². The highest BCUT2D eigenvalue weighted by Crippen LogP contribution is 2.17. The lowest BCUT2D eigenvalue weighted by molar-refractivity contribution is 0.0933. The molecule has 0 atom stereocenters. The molecule has 0 aliphatic carbocycles. The van der Waals surface area contributed by atoms with Gasteiger partial charge in [-0.05, 0) is 30.3 Å². The minimum Gasteiger partial charge on any atom is -0.351 e. The quantitative estimate of drug-likeness (QED) is 0.214. The van der Waals surface area contributed by atoms with Crippen molar-refractivity contribution in [3.8, 4) is 6.19 Å². The Balaban J connectivity index is 2.02. The Kier molecular flexibility index (Phi) is 7.62. The molecule has 12 heteroatoms.